The third-order valence-electron chi connectivity index (χ3n) is 4.47. The van der Waals surface area contributed by atoms with Gasteiger partial charge in [-0.2, -0.15) is 18.2 Å². The van der Waals surface area contributed by atoms with Crippen molar-refractivity contribution in [3.63, 3.8) is 0 Å². The summed E-state index contributed by atoms with van der Waals surface area (Å²) in [6.07, 6.45) is 1.33. The van der Waals surface area contributed by atoms with Gasteiger partial charge in [-0.3, -0.25) is 0 Å². The number of hydrogen-bond acceptors (Lipinski definition) is 5. The average Bonchev–Trinajstić information content (AvgIpc) is 2.67. The maximum atomic E-state index is 13.3. The van der Waals surface area contributed by atoms with E-state index in [1.54, 1.807) is 24.3 Å². The minimum Gasteiger partial charge on any atom is -0.494 e. The van der Waals surface area contributed by atoms with E-state index in [1.165, 1.54) is 0 Å². The highest BCUT2D eigenvalue weighted by atomic mass is 19.4. The van der Waals surface area contributed by atoms with Crippen molar-refractivity contribution < 1.29 is 22.6 Å². The Hall–Kier alpha value is -2.51. The molecule has 0 amide bonds. The van der Waals surface area contributed by atoms with Gasteiger partial charge in [-0.25, -0.2) is 4.98 Å². The van der Waals surface area contributed by atoms with Crippen LogP contribution in [0.2, 0.25) is 0 Å². The third-order valence-corrected chi connectivity index (χ3v) is 4.47. The molecule has 1 heterocycles. The molecule has 2 aromatic rings. The van der Waals surface area contributed by atoms with E-state index in [0.717, 1.165) is 50.5 Å². The van der Waals surface area contributed by atoms with Gasteiger partial charge in [0.2, 0.25) is 11.8 Å². The number of aromatic nitrogens is 2. The molecular formula is C20H24F3N3O2. The van der Waals surface area contributed by atoms with Crippen molar-refractivity contribution in [1.29, 1.82) is 0 Å². The summed E-state index contributed by atoms with van der Waals surface area (Å²) in [7, 11) is 0. The monoisotopic (exact) mass is 395 g/mol. The smallest absolute Gasteiger partial charge is 0.423 e. The summed E-state index contributed by atoms with van der Waals surface area (Å²) >= 11 is 0. The van der Waals surface area contributed by atoms with Crippen molar-refractivity contribution in [1.82, 2.24) is 9.97 Å². The van der Waals surface area contributed by atoms with Crippen molar-refractivity contribution >= 4 is 11.6 Å². The second-order valence-electron chi connectivity index (χ2n) is 6.79. The van der Waals surface area contributed by atoms with Crippen LogP contribution < -0.4 is 14.8 Å². The first-order valence-corrected chi connectivity index (χ1v) is 9.56. The number of ether oxygens (including phenoxy) is 2. The fraction of sp³-hybridized carbons (Fsp3) is 0.500. The van der Waals surface area contributed by atoms with Crippen molar-refractivity contribution in [2.75, 3.05) is 11.9 Å². The van der Waals surface area contributed by atoms with Crippen LogP contribution in [0.5, 0.6) is 11.6 Å². The van der Waals surface area contributed by atoms with Crippen LogP contribution in [0.25, 0.3) is 0 Å². The lowest BCUT2D eigenvalue weighted by atomic mass is 9.98. The van der Waals surface area contributed by atoms with Gasteiger partial charge in [-0.15, -0.1) is 0 Å². The predicted molar refractivity (Wildman–Crippen MR) is 100 cm³/mol. The van der Waals surface area contributed by atoms with Gasteiger partial charge in [-0.05, 0) is 56.4 Å². The SMILES string of the molecule is CCCOc1ccc(Nc2ncc(C(F)(F)F)c(OC3CCCCC3)n2)cc1. The lowest BCUT2D eigenvalue weighted by Crippen LogP contribution is -2.22. The molecule has 1 aromatic carbocycles. The zero-order valence-corrected chi connectivity index (χ0v) is 15.8. The molecule has 1 saturated carbocycles. The first-order chi connectivity index (χ1) is 13.5. The molecule has 5 nitrogen and oxygen atoms in total. The second kappa shape index (κ2) is 9.12. The molecule has 0 radical (unpaired) electrons. The van der Waals surface area contributed by atoms with Crippen LogP contribution in [0, 0.1) is 0 Å². The topological polar surface area (TPSA) is 56.3 Å². The Labute approximate surface area is 162 Å². The van der Waals surface area contributed by atoms with Crippen LogP contribution in [0.3, 0.4) is 0 Å². The van der Waals surface area contributed by atoms with Gasteiger partial charge in [0, 0.05) is 11.9 Å². The van der Waals surface area contributed by atoms with Gasteiger partial charge in [-0.1, -0.05) is 13.3 Å². The number of anilines is 2. The van der Waals surface area contributed by atoms with E-state index in [1.807, 2.05) is 6.92 Å². The van der Waals surface area contributed by atoms with Crippen LogP contribution >= 0.6 is 0 Å². The number of hydrogen-bond donors (Lipinski definition) is 1. The average molecular weight is 395 g/mol. The molecule has 0 atom stereocenters. The summed E-state index contributed by atoms with van der Waals surface area (Å²) in [5, 5.41) is 2.92. The number of halogens is 3. The number of alkyl halides is 3. The number of nitrogens with zero attached hydrogens (tertiary/aromatic N) is 2. The molecule has 1 fully saturated rings. The molecule has 0 saturated heterocycles. The minimum absolute atomic E-state index is 0.0565. The third kappa shape index (κ3) is 5.50. The van der Waals surface area contributed by atoms with E-state index in [0.29, 0.717) is 12.3 Å². The molecule has 0 unspecified atom stereocenters. The maximum Gasteiger partial charge on any atom is 0.423 e. The largest absolute Gasteiger partial charge is 0.494 e. The highest BCUT2D eigenvalue weighted by Crippen LogP contribution is 2.36. The Morgan fingerprint density at radius 2 is 1.82 bits per heavy atom. The Morgan fingerprint density at radius 1 is 1.11 bits per heavy atom. The van der Waals surface area contributed by atoms with E-state index in [-0.39, 0.29) is 12.1 Å². The minimum atomic E-state index is -4.57. The molecule has 0 spiro atoms. The standard InChI is InChI=1S/C20H24F3N3O2/c1-2-12-27-15-10-8-14(9-11-15)25-19-24-13-17(20(21,22)23)18(26-19)28-16-6-4-3-5-7-16/h8-11,13,16H,2-7,12H2,1H3,(H,24,25,26). The molecule has 0 bridgehead atoms. The molecule has 28 heavy (non-hydrogen) atoms. The maximum absolute atomic E-state index is 13.3. The molecule has 0 aliphatic heterocycles. The second-order valence-corrected chi connectivity index (χ2v) is 6.79. The van der Waals surface area contributed by atoms with Crippen molar-refractivity contribution in [3.05, 3.63) is 36.0 Å². The molecule has 3 rings (SSSR count). The summed E-state index contributed by atoms with van der Waals surface area (Å²) in [6.45, 7) is 2.64. The van der Waals surface area contributed by atoms with Gasteiger partial charge < -0.3 is 14.8 Å². The van der Waals surface area contributed by atoms with Crippen LogP contribution in [-0.2, 0) is 6.18 Å². The zero-order valence-electron chi connectivity index (χ0n) is 15.8. The van der Waals surface area contributed by atoms with Crippen molar-refractivity contribution in [2.24, 2.45) is 0 Å². The number of benzene rings is 1. The zero-order chi connectivity index (χ0) is 20.0. The van der Waals surface area contributed by atoms with Crippen LogP contribution in [-0.4, -0.2) is 22.7 Å². The molecule has 152 valence electrons. The van der Waals surface area contributed by atoms with Gasteiger partial charge in [0.1, 0.15) is 17.4 Å². The fourth-order valence-electron chi connectivity index (χ4n) is 3.04. The highest BCUT2D eigenvalue weighted by Gasteiger charge is 2.37. The molecule has 8 heteroatoms. The summed E-state index contributed by atoms with van der Waals surface area (Å²) in [6, 6.07) is 7.07. The summed E-state index contributed by atoms with van der Waals surface area (Å²) < 4.78 is 51.1. The predicted octanol–water partition coefficient (Wildman–Crippen LogP) is 5.74. The quantitative estimate of drug-likeness (QED) is 0.648. The summed E-state index contributed by atoms with van der Waals surface area (Å²) in [4.78, 5) is 7.82. The van der Waals surface area contributed by atoms with Gasteiger partial charge >= 0.3 is 6.18 Å². The van der Waals surface area contributed by atoms with Gasteiger partial charge in [0.25, 0.3) is 0 Å². The van der Waals surface area contributed by atoms with Gasteiger partial charge in [0.05, 0.1) is 6.61 Å². The Bertz CT molecular complexity index is 760. The van der Waals surface area contributed by atoms with Crippen LogP contribution in [0.1, 0.15) is 51.0 Å². The summed E-state index contributed by atoms with van der Waals surface area (Å²) in [5.41, 5.74) is -0.306. The van der Waals surface area contributed by atoms with E-state index in [9.17, 15) is 13.2 Å². The molecule has 1 aliphatic carbocycles. The normalized spacial score (nSPS) is 15.3. The molecule has 1 N–H and O–H groups in total. The van der Waals surface area contributed by atoms with E-state index < -0.39 is 17.6 Å². The molecular weight excluding hydrogens is 371 g/mol. The highest BCUT2D eigenvalue weighted by molar-refractivity contribution is 5.55. The van der Waals surface area contributed by atoms with E-state index in [2.05, 4.69) is 15.3 Å². The van der Waals surface area contributed by atoms with Crippen molar-refractivity contribution in [2.45, 2.75) is 57.7 Å². The molecule has 1 aliphatic rings. The Balaban J connectivity index is 1.76. The van der Waals surface area contributed by atoms with Gasteiger partial charge in [0.15, 0.2) is 0 Å². The summed E-state index contributed by atoms with van der Waals surface area (Å²) in [5.74, 6) is 0.364. The first kappa shape index (κ1) is 20.2. The van der Waals surface area contributed by atoms with Crippen LogP contribution in [0.15, 0.2) is 30.5 Å². The van der Waals surface area contributed by atoms with E-state index in [4.69, 9.17) is 9.47 Å². The Morgan fingerprint density at radius 3 is 2.46 bits per heavy atom. The number of nitrogens with one attached hydrogen (secondary N) is 1. The molecule has 1 aromatic heterocycles. The lowest BCUT2D eigenvalue weighted by molar-refractivity contribution is -0.140. The van der Waals surface area contributed by atoms with E-state index >= 15 is 0 Å². The number of rotatable bonds is 7. The fourth-order valence-corrected chi connectivity index (χ4v) is 3.04. The Kier molecular flexibility index (Phi) is 6.59. The van der Waals surface area contributed by atoms with Crippen LogP contribution in [0.4, 0.5) is 24.8 Å². The lowest BCUT2D eigenvalue weighted by Gasteiger charge is -2.24. The first-order valence-electron chi connectivity index (χ1n) is 9.56. The van der Waals surface area contributed by atoms with Crippen molar-refractivity contribution in [3.8, 4) is 11.6 Å².